The summed E-state index contributed by atoms with van der Waals surface area (Å²) in [5, 5.41) is 6.84. The van der Waals surface area contributed by atoms with Crippen LogP contribution < -0.4 is 10.6 Å². The van der Waals surface area contributed by atoms with Crippen molar-refractivity contribution in [3.05, 3.63) is 28.2 Å². The molecule has 0 aromatic heterocycles. The molecular formula is C15H19Cl2N3O2. The highest BCUT2D eigenvalue weighted by atomic mass is 35.5. The Morgan fingerprint density at radius 2 is 2.23 bits per heavy atom. The summed E-state index contributed by atoms with van der Waals surface area (Å²) in [4.78, 5) is 25.6. The maximum absolute atomic E-state index is 12.1. The number of nitrogens with one attached hydrogen (secondary N) is 2. The third-order valence-corrected chi connectivity index (χ3v) is 4.08. The minimum Gasteiger partial charge on any atom is -0.323 e. The maximum atomic E-state index is 12.1. The van der Waals surface area contributed by atoms with Crippen molar-refractivity contribution >= 4 is 40.7 Å². The molecule has 1 heterocycles. The molecule has 0 radical (unpaired) electrons. The van der Waals surface area contributed by atoms with Crippen LogP contribution in [-0.4, -0.2) is 36.0 Å². The molecule has 1 fully saturated rings. The third kappa shape index (κ3) is 4.60. The van der Waals surface area contributed by atoms with Crippen molar-refractivity contribution in [2.24, 2.45) is 0 Å². The van der Waals surface area contributed by atoms with Gasteiger partial charge in [0.1, 0.15) is 6.54 Å². The lowest BCUT2D eigenvalue weighted by Crippen LogP contribution is -2.52. The Morgan fingerprint density at radius 3 is 2.91 bits per heavy atom. The number of benzene rings is 1. The lowest BCUT2D eigenvalue weighted by molar-refractivity contribution is -0.138. The number of hydrogen-bond donors (Lipinski definition) is 2. The normalized spacial score (nSPS) is 18.4. The SMILES string of the molecule is CCCC1CC(=O)N(CC(=O)Nc2cc(Cl)ccc2Cl)CN1. The average Bonchev–Trinajstić information content (AvgIpc) is 2.46. The summed E-state index contributed by atoms with van der Waals surface area (Å²) >= 11 is 11.9. The van der Waals surface area contributed by atoms with Gasteiger partial charge in [-0.05, 0) is 24.6 Å². The lowest BCUT2D eigenvalue weighted by Gasteiger charge is -2.32. The smallest absolute Gasteiger partial charge is 0.244 e. The number of carbonyl (C=O) groups is 2. The fourth-order valence-corrected chi connectivity index (χ4v) is 2.73. The van der Waals surface area contributed by atoms with Crippen LogP contribution >= 0.6 is 23.2 Å². The minimum atomic E-state index is -0.298. The number of rotatable bonds is 5. The van der Waals surface area contributed by atoms with Crippen LogP contribution in [0.4, 0.5) is 5.69 Å². The number of halogens is 2. The Morgan fingerprint density at radius 1 is 1.45 bits per heavy atom. The molecule has 0 spiro atoms. The van der Waals surface area contributed by atoms with Crippen LogP contribution in [0.25, 0.3) is 0 Å². The van der Waals surface area contributed by atoms with Crippen LogP contribution in [0.3, 0.4) is 0 Å². The number of nitrogens with zero attached hydrogens (tertiary/aromatic N) is 1. The number of anilines is 1. The lowest BCUT2D eigenvalue weighted by atomic mass is 10.1. The van der Waals surface area contributed by atoms with Gasteiger partial charge in [-0.15, -0.1) is 0 Å². The van der Waals surface area contributed by atoms with Gasteiger partial charge in [0.2, 0.25) is 11.8 Å². The molecule has 1 aliphatic rings. The van der Waals surface area contributed by atoms with Crippen LogP contribution in [0, 0.1) is 0 Å². The Bertz CT molecular complexity index is 566. The van der Waals surface area contributed by atoms with E-state index < -0.39 is 0 Å². The molecule has 1 atom stereocenters. The van der Waals surface area contributed by atoms with Crippen LogP contribution in [-0.2, 0) is 9.59 Å². The summed E-state index contributed by atoms with van der Waals surface area (Å²) in [5.41, 5.74) is 0.445. The Labute approximate surface area is 139 Å². The summed E-state index contributed by atoms with van der Waals surface area (Å²) in [6.45, 7) is 2.47. The first-order valence-corrected chi connectivity index (χ1v) is 8.01. The van der Waals surface area contributed by atoms with E-state index in [2.05, 4.69) is 17.6 Å². The molecule has 1 aliphatic heterocycles. The van der Waals surface area contributed by atoms with Gasteiger partial charge >= 0.3 is 0 Å². The number of hydrogen-bond acceptors (Lipinski definition) is 3. The van der Waals surface area contributed by atoms with Crippen molar-refractivity contribution in [2.75, 3.05) is 18.5 Å². The highest BCUT2D eigenvalue weighted by Crippen LogP contribution is 2.25. The quantitative estimate of drug-likeness (QED) is 0.863. The van der Waals surface area contributed by atoms with Crippen molar-refractivity contribution in [3.8, 4) is 0 Å². The molecular weight excluding hydrogens is 325 g/mol. The molecule has 2 amide bonds. The monoisotopic (exact) mass is 343 g/mol. The Hall–Kier alpha value is -1.30. The third-order valence-electron chi connectivity index (χ3n) is 3.52. The largest absolute Gasteiger partial charge is 0.323 e. The molecule has 1 aromatic carbocycles. The zero-order valence-electron chi connectivity index (χ0n) is 12.4. The molecule has 2 N–H and O–H groups in total. The van der Waals surface area contributed by atoms with E-state index in [9.17, 15) is 9.59 Å². The zero-order valence-corrected chi connectivity index (χ0v) is 13.9. The van der Waals surface area contributed by atoms with Crippen molar-refractivity contribution in [2.45, 2.75) is 32.2 Å². The zero-order chi connectivity index (χ0) is 16.1. The van der Waals surface area contributed by atoms with Crippen LogP contribution in [0.1, 0.15) is 26.2 Å². The van der Waals surface area contributed by atoms with E-state index in [4.69, 9.17) is 23.2 Å². The predicted molar refractivity (Wildman–Crippen MR) is 88.1 cm³/mol. The van der Waals surface area contributed by atoms with Crippen molar-refractivity contribution in [1.82, 2.24) is 10.2 Å². The molecule has 120 valence electrons. The second-order valence-electron chi connectivity index (χ2n) is 5.32. The van der Waals surface area contributed by atoms with E-state index in [0.717, 1.165) is 12.8 Å². The van der Waals surface area contributed by atoms with Gasteiger partial charge < -0.3 is 10.2 Å². The van der Waals surface area contributed by atoms with Crippen molar-refractivity contribution in [1.29, 1.82) is 0 Å². The fourth-order valence-electron chi connectivity index (χ4n) is 2.39. The molecule has 5 nitrogen and oxygen atoms in total. The van der Waals surface area contributed by atoms with Crippen molar-refractivity contribution in [3.63, 3.8) is 0 Å². The average molecular weight is 344 g/mol. The van der Waals surface area contributed by atoms with E-state index in [-0.39, 0.29) is 24.4 Å². The molecule has 0 aliphatic carbocycles. The molecule has 7 heteroatoms. The van der Waals surface area contributed by atoms with Gasteiger partial charge in [-0.2, -0.15) is 0 Å². The van der Waals surface area contributed by atoms with Crippen LogP contribution in [0.5, 0.6) is 0 Å². The highest BCUT2D eigenvalue weighted by molar-refractivity contribution is 6.35. The first-order valence-electron chi connectivity index (χ1n) is 7.25. The summed E-state index contributed by atoms with van der Waals surface area (Å²) in [6, 6.07) is 5.04. The van der Waals surface area contributed by atoms with Gasteiger partial charge in [-0.3, -0.25) is 14.9 Å². The molecule has 1 aromatic rings. The summed E-state index contributed by atoms with van der Waals surface area (Å²) in [7, 11) is 0. The molecule has 0 saturated carbocycles. The predicted octanol–water partition coefficient (Wildman–Crippen LogP) is 2.88. The van der Waals surface area contributed by atoms with Gasteiger partial charge in [0.25, 0.3) is 0 Å². The summed E-state index contributed by atoms with van der Waals surface area (Å²) < 4.78 is 0. The second kappa shape index (κ2) is 7.81. The highest BCUT2D eigenvalue weighted by Gasteiger charge is 2.26. The van der Waals surface area contributed by atoms with Gasteiger partial charge in [0.05, 0.1) is 17.4 Å². The Balaban J connectivity index is 1.90. The standard InChI is InChI=1S/C15H19Cl2N3O2/c1-2-3-11-7-15(22)20(9-18-11)8-14(21)19-13-6-10(16)4-5-12(13)17/h4-6,11,18H,2-3,7-9H2,1H3,(H,19,21). The van der Waals surface area contributed by atoms with E-state index in [1.54, 1.807) is 18.2 Å². The van der Waals surface area contributed by atoms with Gasteiger partial charge in [0, 0.05) is 17.5 Å². The van der Waals surface area contributed by atoms with Crippen molar-refractivity contribution < 1.29 is 9.59 Å². The topological polar surface area (TPSA) is 61.4 Å². The van der Waals surface area contributed by atoms with E-state index in [0.29, 0.717) is 28.8 Å². The van der Waals surface area contributed by atoms with Crippen LogP contribution in [0.15, 0.2) is 18.2 Å². The summed E-state index contributed by atoms with van der Waals surface area (Å²) in [5.74, 6) is -0.308. The number of amides is 2. The minimum absolute atomic E-state index is 0.00643. The van der Waals surface area contributed by atoms with E-state index in [1.165, 1.54) is 4.90 Å². The molecule has 1 unspecified atom stereocenters. The molecule has 2 rings (SSSR count). The van der Waals surface area contributed by atoms with Crippen LogP contribution in [0.2, 0.25) is 10.0 Å². The fraction of sp³-hybridized carbons (Fsp3) is 0.467. The first kappa shape index (κ1) is 17.1. The van der Waals surface area contributed by atoms with Gasteiger partial charge in [-0.25, -0.2) is 0 Å². The first-order chi connectivity index (χ1) is 10.5. The Kier molecular flexibility index (Phi) is 6.06. The van der Waals surface area contributed by atoms with E-state index in [1.807, 2.05) is 0 Å². The number of carbonyl (C=O) groups excluding carboxylic acids is 2. The van der Waals surface area contributed by atoms with E-state index >= 15 is 0 Å². The maximum Gasteiger partial charge on any atom is 0.244 e. The summed E-state index contributed by atoms with van der Waals surface area (Å²) in [6.07, 6.45) is 2.42. The van der Waals surface area contributed by atoms with Gasteiger partial charge in [-0.1, -0.05) is 36.5 Å². The molecule has 22 heavy (non-hydrogen) atoms. The molecule has 0 bridgehead atoms. The second-order valence-corrected chi connectivity index (χ2v) is 6.16. The van der Waals surface area contributed by atoms with Gasteiger partial charge in [0.15, 0.2) is 0 Å². The molecule has 1 saturated heterocycles.